The summed E-state index contributed by atoms with van der Waals surface area (Å²) in [5.41, 5.74) is 7.38. The van der Waals surface area contributed by atoms with Gasteiger partial charge in [-0.3, -0.25) is 33.7 Å². The summed E-state index contributed by atoms with van der Waals surface area (Å²) in [5, 5.41) is 25.2. The van der Waals surface area contributed by atoms with E-state index in [1.165, 1.54) is 0 Å². The van der Waals surface area contributed by atoms with Crippen LogP contribution < -0.4 is 21.7 Å². The molecule has 1 aliphatic heterocycles. The highest BCUT2D eigenvalue weighted by molar-refractivity contribution is 6.15. The summed E-state index contributed by atoms with van der Waals surface area (Å²) >= 11 is 0. The van der Waals surface area contributed by atoms with Crippen molar-refractivity contribution in [2.45, 2.75) is 31.7 Å². The maximum absolute atomic E-state index is 12.2. The molecule has 0 aliphatic carbocycles. The highest BCUT2D eigenvalue weighted by Crippen LogP contribution is 2.22. The van der Waals surface area contributed by atoms with Crippen LogP contribution in [0.5, 0.6) is 0 Å². The van der Waals surface area contributed by atoms with Crippen LogP contribution in [0, 0.1) is 5.92 Å². The van der Waals surface area contributed by atoms with Crippen LogP contribution in [0.3, 0.4) is 0 Å². The summed E-state index contributed by atoms with van der Waals surface area (Å²) in [6.45, 7) is -0.671. The lowest BCUT2D eigenvalue weighted by Crippen LogP contribution is -2.37. The number of rotatable bonds is 16. The molecule has 230 valence electrons. The van der Waals surface area contributed by atoms with Gasteiger partial charge in [0.2, 0.25) is 17.7 Å². The number of azo groups is 1. The van der Waals surface area contributed by atoms with E-state index in [0.29, 0.717) is 29.0 Å². The maximum Gasteiger partial charge on any atom is 0.306 e. The summed E-state index contributed by atoms with van der Waals surface area (Å²) in [4.78, 5) is 82.2. The van der Waals surface area contributed by atoms with E-state index in [9.17, 15) is 38.7 Å². The Morgan fingerprint density at radius 3 is 1.86 bits per heavy atom. The quantitative estimate of drug-likeness (QED) is 0.107. The average molecular weight is 606 g/mol. The number of carboxylic acids is 1. The van der Waals surface area contributed by atoms with Gasteiger partial charge in [0.25, 0.3) is 11.8 Å². The number of imide groups is 1. The molecule has 0 radical (unpaired) electrons. The van der Waals surface area contributed by atoms with Gasteiger partial charge in [-0.2, -0.15) is 10.2 Å². The largest absolute Gasteiger partial charge is 0.481 e. The second-order valence-electron chi connectivity index (χ2n) is 9.73. The number of nitrogens with one attached hydrogen (secondary N) is 3. The number of nitrogens with zero attached hydrogens (tertiary/aromatic N) is 3. The van der Waals surface area contributed by atoms with Gasteiger partial charge in [-0.05, 0) is 67.8 Å². The van der Waals surface area contributed by atoms with Crippen LogP contribution in [-0.4, -0.2) is 70.9 Å². The van der Waals surface area contributed by atoms with Crippen molar-refractivity contribution in [1.29, 1.82) is 0 Å². The fraction of sp³-hybridized carbons (Fsp3) is 0.276. The van der Waals surface area contributed by atoms with Gasteiger partial charge in [-0.1, -0.05) is 0 Å². The molecule has 2 aromatic rings. The first kappa shape index (κ1) is 32.9. The van der Waals surface area contributed by atoms with E-state index >= 15 is 0 Å². The SMILES string of the molecule is N[C@H](C=O)C[C@@H](CCCC(=O)NCC(=O)Nc1ccc(/N=N/c2ccc(NC(=O)CN3C(=O)C=CC3=O)cc2)cc1)C(=O)O. The molecule has 1 aliphatic rings. The zero-order chi connectivity index (χ0) is 32.1. The predicted molar refractivity (Wildman–Crippen MR) is 157 cm³/mol. The molecule has 1 heterocycles. The number of hydrogen-bond donors (Lipinski definition) is 5. The maximum atomic E-state index is 12.2. The molecule has 0 saturated heterocycles. The minimum atomic E-state index is -1.08. The highest BCUT2D eigenvalue weighted by atomic mass is 16.4. The molecule has 0 aromatic heterocycles. The molecule has 0 unspecified atom stereocenters. The molecule has 0 spiro atoms. The zero-order valence-corrected chi connectivity index (χ0v) is 23.5. The minimum absolute atomic E-state index is 0.00824. The normalized spacial score (nSPS) is 13.9. The van der Waals surface area contributed by atoms with Crippen molar-refractivity contribution in [3.63, 3.8) is 0 Å². The van der Waals surface area contributed by atoms with Crippen LogP contribution in [-0.2, 0) is 33.6 Å². The number of hydrogen-bond acceptors (Lipinski definition) is 10. The molecule has 0 saturated carbocycles. The topological polar surface area (TPSA) is 230 Å². The number of aldehydes is 1. The van der Waals surface area contributed by atoms with Gasteiger partial charge >= 0.3 is 5.97 Å². The number of carbonyl (C=O) groups is 7. The lowest BCUT2D eigenvalue weighted by atomic mass is 9.95. The molecule has 5 amide bonds. The van der Waals surface area contributed by atoms with Gasteiger partial charge in [0.15, 0.2) is 0 Å². The number of aliphatic carboxylic acids is 1. The van der Waals surface area contributed by atoms with Crippen LogP contribution in [0.2, 0.25) is 0 Å². The highest BCUT2D eigenvalue weighted by Gasteiger charge is 2.25. The molecule has 3 rings (SSSR count). The van der Waals surface area contributed by atoms with Crippen molar-refractivity contribution in [3.8, 4) is 0 Å². The third kappa shape index (κ3) is 10.7. The molecule has 44 heavy (non-hydrogen) atoms. The second-order valence-corrected chi connectivity index (χ2v) is 9.73. The Hall–Kier alpha value is -5.57. The Labute approximate surface area is 251 Å². The van der Waals surface area contributed by atoms with E-state index in [1.807, 2.05) is 0 Å². The Kier molecular flexibility index (Phi) is 12.1. The number of carbonyl (C=O) groups excluding carboxylic acids is 6. The van der Waals surface area contributed by atoms with Crippen molar-refractivity contribution < 1.29 is 38.7 Å². The monoisotopic (exact) mass is 605 g/mol. The number of carboxylic acid groups (broad SMARTS) is 1. The fourth-order valence-electron chi connectivity index (χ4n) is 3.98. The van der Waals surface area contributed by atoms with Crippen molar-refractivity contribution in [2.24, 2.45) is 21.9 Å². The first-order chi connectivity index (χ1) is 21.0. The van der Waals surface area contributed by atoms with Crippen molar-refractivity contribution in [2.75, 3.05) is 23.7 Å². The lowest BCUT2D eigenvalue weighted by Gasteiger charge is -2.13. The average Bonchev–Trinajstić information content (AvgIpc) is 3.31. The standard InChI is InChI=1S/C29H31N7O8/c30-19(17-37)14-18(29(43)44)2-1-3-24(38)31-15-25(39)32-20-4-8-22(9-5-20)34-35-23-10-6-21(7-11-23)33-26(40)16-36-27(41)12-13-28(36)42/h4-13,17-19H,1-3,14-16,30H2,(H,31,38)(H,32,39)(H,33,40)(H,43,44)/b35-34+/t18-,19+/m1/s1. The molecule has 2 atom stereocenters. The number of nitrogens with two attached hydrogens (primary N) is 1. The minimum Gasteiger partial charge on any atom is -0.481 e. The van der Waals surface area contributed by atoms with Crippen molar-refractivity contribution >= 4 is 64.5 Å². The van der Waals surface area contributed by atoms with Gasteiger partial charge in [-0.15, -0.1) is 0 Å². The van der Waals surface area contributed by atoms with E-state index < -0.39 is 54.0 Å². The summed E-state index contributed by atoms with van der Waals surface area (Å²) in [6, 6.07) is 12.0. The third-order valence-electron chi connectivity index (χ3n) is 6.27. The Bertz CT molecular complexity index is 1440. The van der Waals surface area contributed by atoms with Gasteiger partial charge in [0.1, 0.15) is 12.8 Å². The summed E-state index contributed by atoms with van der Waals surface area (Å²) in [5.74, 6) is -4.41. The number of anilines is 2. The van der Waals surface area contributed by atoms with Crippen LogP contribution >= 0.6 is 0 Å². The van der Waals surface area contributed by atoms with Gasteiger partial charge in [0, 0.05) is 29.9 Å². The molecule has 2 aromatic carbocycles. The Morgan fingerprint density at radius 2 is 1.36 bits per heavy atom. The summed E-state index contributed by atoms with van der Waals surface area (Å²) in [7, 11) is 0. The molecule has 15 nitrogen and oxygen atoms in total. The first-order valence-electron chi connectivity index (χ1n) is 13.5. The third-order valence-corrected chi connectivity index (χ3v) is 6.27. The fourth-order valence-corrected chi connectivity index (χ4v) is 3.98. The Morgan fingerprint density at radius 1 is 0.841 bits per heavy atom. The zero-order valence-electron chi connectivity index (χ0n) is 23.5. The number of benzene rings is 2. The smallest absolute Gasteiger partial charge is 0.306 e. The van der Waals surface area contributed by atoms with Crippen LogP contribution in [0.1, 0.15) is 25.7 Å². The predicted octanol–water partition coefficient (Wildman–Crippen LogP) is 1.81. The second kappa shape index (κ2) is 16.2. The van der Waals surface area contributed by atoms with Crippen LogP contribution in [0.15, 0.2) is 70.9 Å². The summed E-state index contributed by atoms with van der Waals surface area (Å²) in [6.07, 6.45) is 3.14. The number of amides is 5. The lowest BCUT2D eigenvalue weighted by molar-refractivity contribution is -0.142. The molecular formula is C29H31N7O8. The molecule has 15 heteroatoms. The van der Waals surface area contributed by atoms with Gasteiger partial charge in [0.05, 0.1) is 29.9 Å². The van der Waals surface area contributed by atoms with Crippen LogP contribution in [0.25, 0.3) is 0 Å². The van der Waals surface area contributed by atoms with E-state index in [-0.39, 0.29) is 32.2 Å². The molecular weight excluding hydrogens is 574 g/mol. The van der Waals surface area contributed by atoms with Crippen molar-refractivity contribution in [3.05, 3.63) is 60.7 Å². The first-order valence-corrected chi connectivity index (χ1v) is 13.5. The molecule has 6 N–H and O–H groups in total. The van der Waals surface area contributed by atoms with E-state index in [1.54, 1.807) is 48.5 Å². The Balaban J connectivity index is 1.38. The molecule has 0 fully saturated rings. The van der Waals surface area contributed by atoms with Crippen molar-refractivity contribution in [1.82, 2.24) is 10.2 Å². The molecule has 0 bridgehead atoms. The van der Waals surface area contributed by atoms with E-state index in [4.69, 9.17) is 5.73 Å². The van der Waals surface area contributed by atoms with Gasteiger partial charge < -0.3 is 31.6 Å². The summed E-state index contributed by atoms with van der Waals surface area (Å²) < 4.78 is 0. The van der Waals surface area contributed by atoms with Gasteiger partial charge in [-0.25, -0.2) is 0 Å². The van der Waals surface area contributed by atoms with E-state index in [0.717, 1.165) is 17.1 Å². The van der Waals surface area contributed by atoms with E-state index in [2.05, 4.69) is 26.2 Å². The van der Waals surface area contributed by atoms with Crippen LogP contribution in [0.4, 0.5) is 22.7 Å².